The van der Waals surface area contributed by atoms with Crippen molar-refractivity contribution in [3.8, 4) is 11.1 Å². The van der Waals surface area contributed by atoms with Crippen LogP contribution in [0, 0.1) is 6.92 Å². The van der Waals surface area contributed by atoms with Gasteiger partial charge in [0.15, 0.2) is 5.78 Å². The first-order valence-corrected chi connectivity index (χ1v) is 9.92. The van der Waals surface area contributed by atoms with Crippen molar-refractivity contribution in [3.05, 3.63) is 73.2 Å². The zero-order valence-electron chi connectivity index (χ0n) is 13.7. The van der Waals surface area contributed by atoms with Crippen LogP contribution in [0.5, 0.6) is 0 Å². The van der Waals surface area contributed by atoms with E-state index in [0.29, 0.717) is 19.4 Å². The second-order valence-electron chi connectivity index (χ2n) is 5.90. The Kier molecular flexibility index (Phi) is 4.48. The quantitative estimate of drug-likeness (QED) is 0.451. The van der Waals surface area contributed by atoms with Crippen LogP contribution >= 0.6 is 34.3 Å². The number of thiophene rings is 2. The van der Waals surface area contributed by atoms with E-state index in [1.807, 2.05) is 36.6 Å². The molecule has 0 N–H and O–H groups in total. The monoisotopic (exact) mass is 400 g/mol. The lowest BCUT2D eigenvalue weighted by Crippen LogP contribution is -2.24. The maximum absolute atomic E-state index is 13.0. The lowest BCUT2D eigenvalue weighted by Gasteiger charge is -2.05. The fraction of sp³-hybridized carbons (Fsp3) is 0.105. The molecule has 26 heavy (non-hydrogen) atoms. The first kappa shape index (κ1) is 17.1. The van der Waals surface area contributed by atoms with Crippen molar-refractivity contribution in [2.75, 3.05) is 0 Å². The van der Waals surface area contributed by atoms with Gasteiger partial charge in [-0.1, -0.05) is 41.4 Å². The normalized spacial score (nSPS) is 11.2. The third-order valence-electron chi connectivity index (χ3n) is 4.09. The van der Waals surface area contributed by atoms with E-state index in [-0.39, 0.29) is 17.9 Å². The second kappa shape index (κ2) is 6.79. The van der Waals surface area contributed by atoms with Gasteiger partial charge in [-0.25, -0.2) is 4.98 Å². The van der Waals surface area contributed by atoms with Gasteiger partial charge in [-0.2, -0.15) is 0 Å². The molecule has 4 rings (SSSR count). The molecule has 130 valence electrons. The molecule has 0 fully saturated rings. The van der Waals surface area contributed by atoms with E-state index in [4.69, 9.17) is 11.6 Å². The maximum atomic E-state index is 13.0. The summed E-state index contributed by atoms with van der Waals surface area (Å²) in [7, 11) is 0. The van der Waals surface area contributed by atoms with Gasteiger partial charge in [0.05, 0.1) is 27.5 Å². The van der Waals surface area contributed by atoms with Gasteiger partial charge < -0.3 is 0 Å². The Morgan fingerprint density at radius 2 is 1.96 bits per heavy atom. The minimum Gasteiger partial charge on any atom is -0.291 e. The lowest BCUT2D eigenvalue weighted by molar-refractivity contribution is 0.0974. The molecule has 0 spiro atoms. The molecule has 0 atom stereocenters. The van der Waals surface area contributed by atoms with Gasteiger partial charge in [0, 0.05) is 10.9 Å². The average Bonchev–Trinajstić information content (AvgIpc) is 3.25. The molecular formula is C19H13ClN2O2S2. The van der Waals surface area contributed by atoms with E-state index in [1.54, 1.807) is 12.1 Å². The summed E-state index contributed by atoms with van der Waals surface area (Å²) in [6.45, 7) is 1.97. The van der Waals surface area contributed by atoms with Crippen molar-refractivity contribution in [2.45, 2.75) is 13.5 Å². The van der Waals surface area contributed by atoms with Crippen molar-refractivity contribution in [3.63, 3.8) is 0 Å². The number of Topliss-reactive ketones (excluding diaryl/α,β-unsaturated/α-hetero) is 1. The molecule has 0 saturated heterocycles. The molecule has 0 aliphatic heterocycles. The van der Waals surface area contributed by atoms with Crippen LogP contribution in [0.2, 0.25) is 4.34 Å². The van der Waals surface area contributed by atoms with Gasteiger partial charge in [-0.15, -0.1) is 22.7 Å². The summed E-state index contributed by atoms with van der Waals surface area (Å²) in [6.07, 6.45) is 1.44. The molecular weight excluding hydrogens is 388 g/mol. The van der Waals surface area contributed by atoms with Gasteiger partial charge in [-0.05, 0) is 24.6 Å². The number of carbonyl (C=O) groups excluding carboxylic acids is 1. The Balaban J connectivity index is 1.77. The minimum atomic E-state index is -0.206. The topological polar surface area (TPSA) is 52.0 Å². The van der Waals surface area contributed by atoms with Crippen LogP contribution < -0.4 is 5.56 Å². The lowest BCUT2D eigenvalue weighted by atomic mass is 10.1. The fourth-order valence-corrected chi connectivity index (χ4v) is 4.60. The summed E-state index contributed by atoms with van der Waals surface area (Å²) >= 11 is 8.53. The van der Waals surface area contributed by atoms with Crippen molar-refractivity contribution in [1.82, 2.24) is 9.55 Å². The molecule has 1 aromatic carbocycles. The highest BCUT2D eigenvalue weighted by Gasteiger charge is 2.16. The summed E-state index contributed by atoms with van der Waals surface area (Å²) in [6, 6.07) is 11.4. The molecule has 4 aromatic rings. The van der Waals surface area contributed by atoms with Crippen LogP contribution in [0.4, 0.5) is 0 Å². The van der Waals surface area contributed by atoms with Gasteiger partial charge in [0.25, 0.3) is 5.56 Å². The molecule has 0 aliphatic carbocycles. The predicted octanol–water partition coefficient (Wildman–Crippen LogP) is 5.03. The molecule has 4 nitrogen and oxygen atoms in total. The van der Waals surface area contributed by atoms with E-state index in [0.717, 1.165) is 16.7 Å². The summed E-state index contributed by atoms with van der Waals surface area (Å²) < 4.78 is 1.91. The predicted molar refractivity (Wildman–Crippen MR) is 108 cm³/mol. The summed E-state index contributed by atoms with van der Waals surface area (Å²) in [4.78, 5) is 31.0. The van der Waals surface area contributed by atoms with Crippen molar-refractivity contribution >= 4 is 50.3 Å². The summed E-state index contributed by atoms with van der Waals surface area (Å²) in [5, 5.41) is 2.49. The molecule has 0 unspecified atom stereocenters. The number of hydrogen-bond donors (Lipinski definition) is 0. The molecule has 3 heterocycles. The number of aryl methyl sites for hydroxylation is 1. The fourth-order valence-electron chi connectivity index (χ4n) is 2.72. The van der Waals surface area contributed by atoms with Crippen molar-refractivity contribution < 1.29 is 4.79 Å². The van der Waals surface area contributed by atoms with E-state index in [2.05, 4.69) is 4.98 Å². The number of benzene rings is 1. The number of rotatable bonds is 4. The highest BCUT2D eigenvalue weighted by molar-refractivity contribution is 7.18. The second-order valence-corrected chi connectivity index (χ2v) is 8.47. The number of aromatic nitrogens is 2. The maximum Gasteiger partial charge on any atom is 0.263 e. The van der Waals surface area contributed by atoms with E-state index in [9.17, 15) is 9.59 Å². The van der Waals surface area contributed by atoms with Crippen molar-refractivity contribution in [1.29, 1.82) is 0 Å². The molecule has 0 amide bonds. The van der Waals surface area contributed by atoms with Crippen LogP contribution in [-0.2, 0) is 6.54 Å². The summed E-state index contributed by atoms with van der Waals surface area (Å²) in [5.41, 5.74) is 2.77. The van der Waals surface area contributed by atoms with E-state index < -0.39 is 0 Å². The number of ketones is 1. The van der Waals surface area contributed by atoms with Crippen LogP contribution in [0.3, 0.4) is 0 Å². The molecule has 0 radical (unpaired) electrons. The number of nitrogens with zero attached hydrogens (tertiary/aromatic N) is 2. The first-order valence-electron chi connectivity index (χ1n) is 7.85. The molecule has 0 bridgehead atoms. The third kappa shape index (κ3) is 3.11. The Bertz CT molecular complexity index is 1170. The number of hydrogen-bond acceptors (Lipinski definition) is 5. The van der Waals surface area contributed by atoms with Gasteiger partial charge >= 0.3 is 0 Å². The summed E-state index contributed by atoms with van der Waals surface area (Å²) in [5.74, 6) is -0.155. The molecule has 3 aromatic heterocycles. The minimum absolute atomic E-state index is 0.0538. The smallest absolute Gasteiger partial charge is 0.263 e. The van der Waals surface area contributed by atoms with E-state index >= 15 is 0 Å². The number of fused-ring (bicyclic) bond motifs is 1. The van der Waals surface area contributed by atoms with Gasteiger partial charge in [-0.3, -0.25) is 14.2 Å². The molecule has 0 aliphatic rings. The van der Waals surface area contributed by atoms with Crippen molar-refractivity contribution in [2.24, 2.45) is 0 Å². The Morgan fingerprint density at radius 1 is 1.19 bits per heavy atom. The molecule has 7 heteroatoms. The number of halogens is 1. The Morgan fingerprint density at radius 3 is 2.65 bits per heavy atom. The van der Waals surface area contributed by atoms with Gasteiger partial charge in [0.1, 0.15) is 4.83 Å². The zero-order chi connectivity index (χ0) is 18.3. The SMILES string of the molecule is Cc1ccc(-c2csc3ncn(CC(=O)c4ccc(Cl)s4)c(=O)c23)cc1. The van der Waals surface area contributed by atoms with Crippen LogP contribution in [0.15, 0.2) is 52.9 Å². The standard InChI is InChI=1S/C19H13ClN2O2S2/c1-11-2-4-12(5-3-11)13-9-25-18-17(13)19(24)22(10-21-18)8-14(23)15-6-7-16(20)26-15/h2-7,9-10H,8H2,1H3. The Labute approximate surface area is 162 Å². The first-order chi connectivity index (χ1) is 12.5. The largest absolute Gasteiger partial charge is 0.291 e. The van der Waals surface area contributed by atoms with Crippen LogP contribution in [0.1, 0.15) is 15.2 Å². The highest BCUT2D eigenvalue weighted by atomic mass is 35.5. The highest BCUT2D eigenvalue weighted by Crippen LogP contribution is 2.30. The van der Waals surface area contributed by atoms with Crippen LogP contribution in [0.25, 0.3) is 21.3 Å². The van der Waals surface area contributed by atoms with Gasteiger partial charge in [0.2, 0.25) is 0 Å². The number of carbonyl (C=O) groups is 1. The zero-order valence-corrected chi connectivity index (χ0v) is 16.1. The van der Waals surface area contributed by atoms with E-state index in [1.165, 1.54) is 33.6 Å². The van der Waals surface area contributed by atoms with Crippen LogP contribution in [-0.4, -0.2) is 15.3 Å². The molecule has 0 saturated carbocycles. The Hall–Kier alpha value is -2.28. The average molecular weight is 401 g/mol. The third-order valence-corrected chi connectivity index (χ3v) is 6.24.